The van der Waals surface area contributed by atoms with E-state index in [-0.39, 0.29) is 5.63 Å². The molecule has 2 heterocycles. The summed E-state index contributed by atoms with van der Waals surface area (Å²) in [6, 6.07) is 7.78. The van der Waals surface area contributed by atoms with Gasteiger partial charge in [0.1, 0.15) is 11.8 Å². The van der Waals surface area contributed by atoms with Crippen LogP contribution in [0.25, 0.3) is 16.4 Å². The van der Waals surface area contributed by atoms with Gasteiger partial charge in [-0.1, -0.05) is 22.0 Å². The maximum atomic E-state index is 11.6. The van der Waals surface area contributed by atoms with E-state index in [1.807, 2.05) is 35.6 Å². The Morgan fingerprint density at radius 1 is 1.25 bits per heavy atom. The van der Waals surface area contributed by atoms with Crippen molar-refractivity contribution < 1.29 is 4.42 Å². The maximum absolute atomic E-state index is 11.6. The molecule has 1 aromatic carbocycles. The third-order valence-electron chi connectivity index (χ3n) is 2.66. The highest BCUT2D eigenvalue weighted by atomic mass is 79.9. The summed E-state index contributed by atoms with van der Waals surface area (Å²) in [7, 11) is 0. The number of halogens is 1. The number of benzene rings is 1. The van der Waals surface area contributed by atoms with E-state index < -0.39 is 0 Å². The Labute approximate surface area is 99.4 Å². The molecule has 0 bridgehead atoms. The molecule has 0 amide bonds. The smallest absolute Gasteiger partial charge is 0.360 e. The summed E-state index contributed by atoms with van der Waals surface area (Å²) >= 11 is 3.43. The van der Waals surface area contributed by atoms with Gasteiger partial charge < -0.3 is 8.82 Å². The standard InChI is InChI=1S/C12H8BrNO2/c1-7-6-16-12(15)11-4-8-2-3-9(13)5-10(8)14(7)11/h2-6H,1H3. The quantitative estimate of drug-likeness (QED) is 0.633. The first-order chi connectivity index (χ1) is 7.66. The van der Waals surface area contributed by atoms with Crippen LogP contribution in [0.1, 0.15) is 5.69 Å². The fourth-order valence-electron chi connectivity index (χ4n) is 1.96. The van der Waals surface area contributed by atoms with Crippen molar-refractivity contribution in [1.29, 1.82) is 0 Å². The molecule has 16 heavy (non-hydrogen) atoms. The van der Waals surface area contributed by atoms with Crippen molar-refractivity contribution in [3.63, 3.8) is 0 Å². The monoisotopic (exact) mass is 277 g/mol. The lowest BCUT2D eigenvalue weighted by molar-refractivity contribution is 0.504. The minimum Gasteiger partial charge on any atom is -0.428 e. The van der Waals surface area contributed by atoms with E-state index in [0.29, 0.717) is 5.52 Å². The maximum Gasteiger partial charge on any atom is 0.360 e. The van der Waals surface area contributed by atoms with Crippen LogP contribution in [-0.2, 0) is 0 Å². The van der Waals surface area contributed by atoms with Crippen molar-refractivity contribution in [2.75, 3.05) is 0 Å². The van der Waals surface area contributed by atoms with Gasteiger partial charge in [-0.3, -0.25) is 0 Å². The average molecular weight is 278 g/mol. The van der Waals surface area contributed by atoms with Crippen LogP contribution in [0.5, 0.6) is 0 Å². The highest BCUT2D eigenvalue weighted by molar-refractivity contribution is 9.10. The molecule has 0 fully saturated rings. The molecule has 0 radical (unpaired) electrons. The van der Waals surface area contributed by atoms with Gasteiger partial charge in [0.15, 0.2) is 0 Å². The number of nitrogens with zero attached hydrogens (tertiary/aromatic N) is 1. The zero-order valence-corrected chi connectivity index (χ0v) is 10.1. The summed E-state index contributed by atoms with van der Waals surface area (Å²) in [4.78, 5) is 11.6. The summed E-state index contributed by atoms with van der Waals surface area (Å²) in [5, 5.41) is 1.03. The van der Waals surface area contributed by atoms with Crippen LogP contribution in [0.4, 0.5) is 0 Å². The zero-order valence-electron chi connectivity index (χ0n) is 8.53. The van der Waals surface area contributed by atoms with Gasteiger partial charge in [-0.05, 0) is 25.1 Å². The van der Waals surface area contributed by atoms with Crippen molar-refractivity contribution in [2.45, 2.75) is 6.92 Å². The first-order valence-electron chi connectivity index (χ1n) is 4.86. The molecule has 0 atom stereocenters. The fourth-order valence-corrected chi connectivity index (χ4v) is 2.31. The molecule has 2 aromatic heterocycles. The highest BCUT2D eigenvalue weighted by Gasteiger charge is 2.08. The van der Waals surface area contributed by atoms with E-state index in [2.05, 4.69) is 15.9 Å². The summed E-state index contributed by atoms with van der Waals surface area (Å²) in [6.45, 7) is 1.91. The van der Waals surface area contributed by atoms with E-state index >= 15 is 0 Å². The van der Waals surface area contributed by atoms with Gasteiger partial charge in [0.25, 0.3) is 0 Å². The van der Waals surface area contributed by atoms with Crippen LogP contribution in [0.3, 0.4) is 0 Å². The first kappa shape index (κ1) is 9.66. The number of aromatic nitrogens is 1. The van der Waals surface area contributed by atoms with Gasteiger partial charge in [-0.15, -0.1) is 0 Å². The Bertz CT molecular complexity index is 755. The molecule has 0 saturated heterocycles. The third kappa shape index (κ3) is 1.23. The molecule has 3 rings (SSSR count). The molecular formula is C12H8BrNO2. The highest BCUT2D eigenvalue weighted by Crippen LogP contribution is 2.23. The second-order valence-electron chi connectivity index (χ2n) is 3.73. The van der Waals surface area contributed by atoms with Crippen molar-refractivity contribution in [1.82, 2.24) is 4.40 Å². The number of hydrogen-bond donors (Lipinski definition) is 0. The van der Waals surface area contributed by atoms with Crippen LogP contribution >= 0.6 is 15.9 Å². The van der Waals surface area contributed by atoms with Gasteiger partial charge in [0.2, 0.25) is 0 Å². The summed E-state index contributed by atoms with van der Waals surface area (Å²) in [6.07, 6.45) is 1.48. The Morgan fingerprint density at radius 3 is 2.88 bits per heavy atom. The van der Waals surface area contributed by atoms with Gasteiger partial charge >= 0.3 is 5.63 Å². The summed E-state index contributed by atoms with van der Waals surface area (Å²) < 4.78 is 7.84. The molecule has 0 aliphatic heterocycles. The zero-order chi connectivity index (χ0) is 11.3. The SMILES string of the molecule is Cc1coc(=O)c2cc3ccc(Br)cc3n12. The Kier molecular flexibility index (Phi) is 1.94. The molecule has 0 spiro atoms. The lowest BCUT2D eigenvalue weighted by Crippen LogP contribution is -2.04. The van der Waals surface area contributed by atoms with Gasteiger partial charge in [0, 0.05) is 9.86 Å². The third-order valence-corrected chi connectivity index (χ3v) is 3.16. The van der Waals surface area contributed by atoms with Gasteiger partial charge in [-0.2, -0.15) is 0 Å². The largest absolute Gasteiger partial charge is 0.428 e. The number of hydrogen-bond acceptors (Lipinski definition) is 2. The molecule has 4 heteroatoms. The molecule has 0 aliphatic carbocycles. The minimum absolute atomic E-state index is 0.307. The predicted octanol–water partition coefficient (Wildman–Crippen LogP) is 3.12. The van der Waals surface area contributed by atoms with Crippen molar-refractivity contribution >= 4 is 32.3 Å². The molecular weight excluding hydrogens is 270 g/mol. The number of aryl methyl sites for hydroxylation is 1. The molecule has 0 unspecified atom stereocenters. The first-order valence-corrected chi connectivity index (χ1v) is 5.65. The average Bonchev–Trinajstić information content (AvgIpc) is 2.63. The van der Waals surface area contributed by atoms with Gasteiger partial charge in [-0.25, -0.2) is 4.79 Å². The second kappa shape index (κ2) is 3.22. The van der Waals surface area contributed by atoms with Crippen LogP contribution < -0.4 is 5.63 Å². The van der Waals surface area contributed by atoms with E-state index in [9.17, 15) is 4.79 Å². The van der Waals surface area contributed by atoms with Gasteiger partial charge in [0.05, 0.1) is 11.2 Å². The summed E-state index contributed by atoms with van der Waals surface area (Å²) in [5.41, 5.74) is 2.18. The molecule has 3 aromatic rings. The van der Waals surface area contributed by atoms with E-state index in [1.165, 1.54) is 6.26 Å². The molecule has 0 saturated carbocycles. The van der Waals surface area contributed by atoms with Crippen molar-refractivity contribution in [3.8, 4) is 0 Å². The number of rotatable bonds is 0. The van der Waals surface area contributed by atoms with Crippen LogP contribution in [0.2, 0.25) is 0 Å². The fraction of sp³-hybridized carbons (Fsp3) is 0.0833. The van der Waals surface area contributed by atoms with E-state index in [4.69, 9.17) is 4.42 Å². The Balaban J connectivity index is 2.67. The van der Waals surface area contributed by atoms with Crippen molar-refractivity contribution in [3.05, 3.63) is 51.1 Å². The molecule has 0 aliphatic rings. The van der Waals surface area contributed by atoms with Crippen LogP contribution in [0.15, 0.2) is 44.2 Å². The molecule has 80 valence electrons. The van der Waals surface area contributed by atoms with E-state index in [1.54, 1.807) is 0 Å². The second-order valence-corrected chi connectivity index (χ2v) is 4.65. The normalized spacial score (nSPS) is 11.4. The van der Waals surface area contributed by atoms with E-state index in [0.717, 1.165) is 21.1 Å². The van der Waals surface area contributed by atoms with Crippen LogP contribution in [-0.4, -0.2) is 4.40 Å². The summed E-state index contributed by atoms with van der Waals surface area (Å²) in [5.74, 6) is 0. The minimum atomic E-state index is -0.307. The Morgan fingerprint density at radius 2 is 2.06 bits per heavy atom. The molecule has 3 nitrogen and oxygen atoms in total. The van der Waals surface area contributed by atoms with Crippen molar-refractivity contribution in [2.24, 2.45) is 0 Å². The lowest BCUT2D eigenvalue weighted by Gasteiger charge is -2.00. The Hall–Kier alpha value is -1.55. The predicted molar refractivity (Wildman–Crippen MR) is 65.9 cm³/mol. The topological polar surface area (TPSA) is 34.6 Å². The number of fused-ring (bicyclic) bond motifs is 3. The molecule has 0 N–H and O–H groups in total. The van der Waals surface area contributed by atoms with Crippen LogP contribution in [0, 0.1) is 6.92 Å². The lowest BCUT2D eigenvalue weighted by atomic mass is 10.2.